The molecule has 0 bridgehead atoms. The summed E-state index contributed by atoms with van der Waals surface area (Å²) in [5, 5.41) is 2.91. The van der Waals surface area contributed by atoms with E-state index < -0.39 is 0 Å². The van der Waals surface area contributed by atoms with Crippen molar-refractivity contribution in [3.63, 3.8) is 0 Å². The summed E-state index contributed by atoms with van der Waals surface area (Å²) in [5.74, 6) is 1.91. The Kier molecular flexibility index (Phi) is 3.11. The maximum absolute atomic E-state index is 11.7. The molecule has 1 aromatic rings. The number of amides is 1. The SMILES string of the molecule is O=C(NC1CCSC1)c1cc[nH]c(=O)c1. The van der Waals surface area contributed by atoms with Crippen molar-refractivity contribution in [2.24, 2.45) is 0 Å². The number of carbonyl (C=O) groups is 1. The summed E-state index contributed by atoms with van der Waals surface area (Å²) in [6.07, 6.45) is 2.50. The molecule has 5 heteroatoms. The molecule has 80 valence electrons. The van der Waals surface area contributed by atoms with E-state index in [4.69, 9.17) is 0 Å². The molecule has 1 aromatic heterocycles. The third kappa shape index (κ3) is 2.62. The molecule has 2 N–H and O–H groups in total. The minimum Gasteiger partial charge on any atom is -0.348 e. The van der Waals surface area contributed by atoms with Gasteiger partial charge in [0.2, 0.25) is 5.56 Å². The third-order valence-corrected chi connectivity index (χ3v) is 3.46. The van der Waals surface area contributed by atoms with E-state index in [-0.39, 0.29) is 17.5 Å². The van der Waals surface area contributed by atoms with E-state index in [9.17, 15) is 9.59 Å². The lowest BCUT2D eigenvalue weighted by atomic mass is 10.2. The highest BCUT2D eigenvalue weighted by Crippen LogP contribution is 2.17. The van der Waals surface area contributed by atoms with Gasteiger partial charge in [0.1, 0.15) is 0 Å². The molecule has 1 unspecified atom stereocenters. The summed E-state index contributed by atoms with van der Waals surface area (Å²) in [5.41, 5.74) is 0.180. The Morgan fingerprint density at radius 3 is 3.13 bits per heavy atom. The quantitative estimate of drug-likeness (QED) is 0.773. The van der Waals surface area contributed by atoms with E-state index in [1.165, 1.54) is 12.3 Å². The van der Waals surface area contributed by atoms with Crippen molar-refractivity contribution in [1.29, 1.82) is 0 Å². The van der Waals surface area contributed by atoms with Crippen LogP contribution < -0.4 is 10.9 Å². The topological polar surface area (TPSA) is 62.0 Å². The van der Waals surface area contributed by atoms with Crippen LogP contribution in [-0.4, -0.2) is 28.4 Å². The molecule has 0 saturated carbocycles. The van der Waals surface area contributed by atoms with Gasteiger partial charge in [-0.3, -0.25) is 9.59 Å². The molecule has 1 amide bonds. The van der Waals surface area contributed by atoms with Gasteiger partial charge in [-0.25, -0.2) is 0 Å². The summed E-state index contributed by atoms with van der Waals surface area (Å²) in [6, 6.07) is 3.18. The maximum Gasteiger partial charge on any atom is 0.251 e. The predicted molar refractivity (Wildman–Crippen MR) is 60.3 cm³/mol. The van der Waals surface area contributed by atoms with Gasteiger partial charge in [0.15, 0.2) is 0 Å². The summed E-state index contributed by atoms with van der Waals surface area (Å²) >= 11 is 1.84. The third-order valence-electron chi connectivity index (χ3n) is 2.30. The van der Waals surface area contributed by atoms with Crippen molar-refractivity contribution in [3.8, 4) is 0 Å². The molecule has 0 aromatic carbocycles. The van der Waals surface area contributed by atoms with Crippen molar-refractivity contribution in [1.82, 2.24) is 10.3 Å². The van der Waals surface area contributed by atoms with Gasteiger partial charge in [0.05, 0.1) is 0 Å². The Labute approximate surface area is 91.5 Å². The summed E-state index contributed by atoms with van der Waals surface area (Å²) in [4.78, 5) is 25.2. The van der Waals surface area contributed by atoms with Crippen molar-refractivity contribution < 1.29 is 4.79 Å². The Balaban J connectivity index is 2.04. The van der Waals surface area contributed by atoms with E-state index in [0.717, 1.165) is 17.9 Å². The van der Waals surface area contributed by atoms with Crippen LogP contribution in [0.4, 0.5) is 0 Å². The number of H-pyrrole nitrogens is 1. The van der Waals surface area contributed by atoms with Crippen molar-refractivity contribution >= 4 is 17.7 Å². The van der Waals surface area contributed by atoms with Gasteiger partial charge in [-0.2, -0.15) is 11.8 Å². The molecule has 1 aliphatic heterocycles. The highest BCUT2D eigenvalue weighted by atomic mass is 32.2. The Morgan fingerprint density at radius 2 is 2.47 bits per heavy atom. The fourth-order valence-electron chi connectivity index (χ4n) is 1.50. The molecule has 4 nitrogen and oxygen atoms in total. The Hall–Kier alpha value is -1.23. The van der Waals surface area contributed by atoms with Crippen molar-refractivity contribution in [2.75, 3.05) is 11.5 Å². The zero-order chi connectivity index (χ0) is 10.7. The second-order valence-corrected chi connectivity index (χ2v) is 4.63. The van der Waals surface area contributed by atoms with E-state index in [0.29, 0.717) is 5.56 Å². The number of hydrogen-bond donors (Lipinski definition) is 2. The van der Waals surface area contributed by atoms with Gasteiger partial charge in [-0.15, -0.1) is 0 Å². The molecule has 0 aliphatic carbocycles. The highest BCUT2D eigenvalue weighted by molar-refractivity contribution is 7.99. The number of aromatic nitrogens is 1. The second kappa shape index (κ2) is 4.53. The molecule has 1 atom stereocenters. The number of aromatic amines is 1. The van der Waals surface area contributed by atoms with Gasteiger partial charge in [0, 0.05) is 29.6 Å². The fourth-order valence-corrected chi connectivity index (χ4v) is 2.66. The molecule has 0 radical (unpaired) electrons. The van der Waals surface area contributed by atoms with Crippen LogP contribution in [0.25, 0.3) is 0 Å². The van der Waals surface area contributed by atoms with Crippen LogP contribution in [0.5, 0.6) is 0 Å². The van der Waals surface area contributed by atoms with Crippen LogP contribution >= 0.6 is 11.8 Å². The molecule has 1 fully saturated rings. The van der Waals surface area contributed by atoms with Gasteiger partial charge in [-0.1, -0.05) is 0 Å². The van der Waals surface area contributed by atoms with E-state index in [1.54, 1.807) is 6.07 Å². The smallest absolute Gasteiger partial charge is 0.251 e. The molecule has 0 spiro atoms. The normalized spacial score (nSPS) is 20.1. The van der Waals surface area contributed by atoms with Crippen LogP contribution in [-0.2, 0) is 0 Å². The van der Waals surface area contributed by atoms with Crippen LogP contribution in [0.1, 0.15) is 16.8 Å². The Bertz CT molecular complexity index is 410. The van der Waals surface area contributed by atoms with Gasteiger partial charge in [0.25, 0.3) is 5.91 Å². The highest BCUT2D eigenvalue weighted by Gasteiger charge is 2.18. The number of thioether (sulfide) groups is 1. The zero-order valence-corrected chi connectivity index (χ0v) is 8.97. The molecule has 2 rings (SSSR count). The van der Waals surface area contributed by atoms with Crippen molar-refractivity contribution in [3.05, 3.63) is 34.2 Å². The number of carbonyl (C=O) groups excluding carboxylic acids is 1. The number of nitrogens with one attached hydrogen (secondary N) is 2. The number of rotatable bonds is 2. The summed E-state index contributed by atoms with van der Waals surface area (Å²) in [7, 11) is 0. The largest absolute Gasteiger partial charge is 0.348 e. The van der Waals surface area contributed by atoms with E-state index in [2.05, 4.69) is 10.3 Å². The lowest BCUT2D eigenvalue weighted by molar-refractivity contribution is 0.0941. The molecule has 1 saturated heterocycles. The first-order valence-corrected chi connectivity index (χ1v) is 5.98. The number of hydrogen-bond acceptors (Lipinski definition) is 3. The molecular weight excluding hydrogens is 212 g/mol. The first-order chi connectivity index (χ1) is 7.25. The average molecular weight is 224 g/mol. The van der Waals surface area contributed by atoms with Gasteiger partial charge < -0.3 is 10.3 Å². The average Bonchev–Trinajstić information content (AvgIpc) is 2.70. The molecule has 2 heterocycles. The van der Waals surface area contributed by atoms with E-state index in [1.807, 2.05) is 11.8 Å². The van der Waals surface area contributed by atoms with E-state index >= 15 is 0 Å². The molecule has 15 heavy (non-hydrogen) atoms. The lowest BCUT2D eigenvalue weighted by Gasteiger charge is -2.10. The fraction of sp³-hybridized carbons (Fsp3) is 0.400. The minimum atomic E-state index is -0.247. The Morgan fingerprint density at radius 1 is 1.60 bits per heavy atom. The summed E-state index contributed by atoms with van der Waals surface area (Å²) < 4.78 is 0. The molecular formula is C10H12N2O2S. The van der Waals surface area contributed by atoms with Gasteiger partial charge >= 0.3 is 0 Å². The summed E-state index contributed by atoms with van der Waals surface area (Å²) in [6.45, 7) is 0. The van der Waals surface area contributed by atoms with Crippen molar-refractivity contribution in [2.45, 2.75) is 12.5 Å². The first kappa shape index (κ1) is 10.3. The minimum absolute atomic E-state index is 0.159. The van der Waals surface area contributed by atoms with Gasteiger partial charge in [-0.05, 0) is 18.2 Å². The second-order valence-electron chi connectivity index (χ2n) is 3.48. The van der Waals surface area contributed by atoms with Crippen LogP contribution in [0.15, 0.2) is 23.1 Å². The standard InChI is InChI=1S/C10H12N2O2S/c13-9-5-7(1-3-11-9)10(14)12-8-2-4-15-6-8/h1,3,5,8H,2,4,6H2,(H,11,13)(H,12,14). The lowest BCUT2D eigenvalue weighted by Crippen LogP contribution is -2.35. The van der Waals surface area contributed by atoms with Crippen LogP contribution in [0.3, 0.4) is 0 Å². The first-order valence-electron chi connectivity index (χ1n) is 4.83. The van der Waals surface area contributed by atoms with Crippen LogP contribution in [0, 0.1) is 0 Å². The monoisotopic (exact) mass is 224 g/mol. The maximum atomic E-state index is 11.7. The molecule has 1 aliphatic rings. The predicted octanol–water partition coefficient (Wildman–Crippen LogP) is 0.610. The van der Waals surface area contributed by atoms with Crippen LogP contribution in [0.2, 0.25) is 0 Å². The number of pyridine rings is 1. The zero-order valence-electron chi connectivity index (χ0n) is 8.16.